The smallest absolute Gasteiger partial charge is 0.261 e. The molecule has 0 radical (unpaired) electrons. The van der Waals surface area contributed by atoms with Crippen LogP contribution in [0.2, 0.25) is 0 Å². The van der Waals surface area contributed by atoms with E-state index < -0.39 is 6.10 Å². The number of hydrogen-bond donors (Lipinski definition) is 1. The van der Waals surface area contributed by atoms with Crippen LogP contribution >= 0.6 is 0 Å². The predicted octanol–water partition coefficient (Wildman–Crippen LogP) is 4.67. The summed E-state index contributed by atoms with van der Waals surface area (Å²) in [7, 11) is 0. The number of hydrogen-bond acceptors (Lipinski definition) is 2. The maximum atomic E-state index is 12.5. The zero-order chi connectivity index (χ0) is 17.5. The minimum Gasteiger partial charge on any atom is -0.481 e. The van der Waals surface area contributed by atoms with E-state index in [1.54, 1.807) is 6.92 Å². The molecular weight excluding hydrogens is 298 g/mol. The van der Waals surface area contributed by atoms with E-state index in [0.717, 1.165) is 12.0 Å². The summed E-state index contributed by atoms with van der Waals surface area (Å²) in [5.41, 5.74) is 2.29. The Kier molecular flexibility index (Phi) is 6.42. The molecule has 2 aromatic carbocycles. The first-order valence-electron chi connectivity index (χ1n) is 8.54. The van der Waals surface area contributed by atoms with Gasteiger partial charge in [-0.1, -0.05) is 61.9 Å². The van der Waals surface area contributed by atoms with Crippen LogP contribution in [0.25, 0.3) is 0 Å². The van der Waals surface area contributed by atoms with Crippen LogP contribution in [0, 0.1) is 12.8 Å². The zero-order valence-electron chi connectivity index (χ0n) is 15.0. The first kappa shape index (κ1) is 18.1. The number of nitrogens with one attached hydrogen (secondary N) is 1. The molecule has 0 spiro atoms. The van der Waals surface area contributed by atoms with Crippen molar-refractivity contribution in [3.05, 3.63) is 65.7 Å². The lowest BCUT2D eigenvalue weighted by molar-refractivity contribution is -0.128. The van der Waals surface area contributed by atoms with Crippen LogP contribution in [0.4, 0.5) is 0 Å². The van der Waals surface area contributed by atoms with Gasteiger partial charge in [0.25, 0.3) is 5.91 Å². The van der Waals surface area contributed by atoms with Gasteiger partial charge in [-0.3, -0.25) is 4.79 Å². The minimum absolute atomic E-state index is 0.00256. The number of rotatable bonds is 7. The predicted molar refractivity (Wildman–Crippen MR) is 98.0 cm³/mol. The molecule has 0 aliphatic rings. The monoisotopic (exact) mass is 325 g/mol. The van der Waals surface area contributed by atoms with E-state index in [2.05, 4.69) is 31.3 Å². The summed E-state index contributed by atoms with van der Waals surface area (Å²) in [5, 5.41) is 3.13. The normalized spacial score (nSPS) is 13.4. The number of carbonyl (C=O) groups excluding carboxylic acids is 1. The highest BCUT2D eigenvalue weighted by atomic mass is 16.5. The Balaban J connectivity index is 2.02. The van der Waals surface area contributed by atoms with Crippen molar-refractivity contribution in [3.63, 3.8) is 0 Å². The van der Waals surface area contributed by atoms with Crippen LogP contribution in [0.3, 0.4) is 0 Å². The number of amides is 1. The van der Waals surface area contributed by atoms with Gasteiger partial charge >= 0.3 is 0 Å². The molecular formula is C21H27NO2. The van der Waals surface area contributed by atoms with Crippen molar-refractivity contribution in [2.24, 2.45) is 5.92 Å². The third-order valence-electron chi connectivity index (χ3n) is 3.93. The van der Waals surface area contributed by atoms with Crippen LogP contribution in [0.5, 0.6) is 5.75 Å². The molecule has 3 nitrogen and oxygen atoms in total. The molecule has 0 bridgehead atoms. The molecule has 0 aliphatic heterocycles. The molecule has 0 saturated heterocycles. The Labute approximate surface area is 145 Å². The molecule has 3 heteroatoms. The van der Waals surface area contributed by atoms with Crippen LogP contribution in [-0.2, 0) is 4.79 Å². The van der Waals surface area contributed by atoms with Crippen molar-refractivity contribution in [3.8, 4) is 5.75 Å². The standard InChI is InChI=1S/C21H27NO2/c1-15(2)14-20(18-8-6-5-7-9-18)22-21(23)17(4)24-19-12-10-16(3)11-13-19/h5-13,15,17,20H,14H2,1-4H3,(H,22,23)/t17-,20+/m0/s1. The Bertz CT molecular complexity index is 635. The molecule has 0 aliphatic carbocycles. The number of ether oxygens (including phenoxy) is 1. The van der Waals surface area contributed by atoms with Crippen molar-refractivity contribution in [2.45, 2.75) is 46.3 Å². The van der Waals surface area contributed by atoms with Crippen LogP contribution < -0.4 is 10.1 Å². The summed E-state index contributed by atoms with van der Waals surface area (Å²) in [4.78, 5) is 12.5. The number of benzene rings is 2. The van der Waals surface area contributed by atoms with E-state index in [0.29, 0.717) is 11.7 Å². The Morgan fingerprint density at radius 1 is 1.00 bits per heavy atom. The second-order valence-corrected chi connectivity index (χ2v) is 6.67. The van der Waals surface area contributed by atoms with Gasteiger partial charge in [0.05, 0.1) is 6.04 Å². The molecule has 2 atom stereocenters. The molecule has 0 aromatic heterocycles. The highest BCUT2D eigenvalue weighted by Gasteiger charge is 2.21. The SMILES string of the molecule is Cc1ccc(O[C@@H](C)C(=O)N[C@H](CC(C)C)c2ccccc2)cc1. The third kappa shape index (κ3) is 5.41. The van der Waals surface area contributed by atoms with E-state index in [9.17, 15) is 4.79 Å². The summed E-state index contributed by atoms with van der Waals surface area (Å²) in [5.74, 6) is 1.11. The molecule has 0 unspecified atom stereocenters. The van der Waals surface area contributed by atoms with Gasteiger partial charge in [0.1, 0.15) is 5.75 Å². The lowest BCUT2D eigenvalue weighted by Crippen LogP contribution is -2.39. The molecule has 0 saturated carbocycles. The van der Waals surface area contributed by atoms with Crippen molar-refractivity contribution >= 4 is 5.91 Å². The molecule has 0 fully saturated rings. The lowest BCUT2D eigenvalue weighted by atomic mass is 9.97. The van der Waals surface area contributed by atoms with Crippen molar-refractivity contribution in [1.82, 2.24) is 5.32 Å². The fraction of sp³-hybridized carbons (Fsp3) is 0.381. The number of aryl methyl sites for hydroxylation is 1. The molecule has 24 heavy (non-hydrogen) atoms. The Hall–Kier alpha value is -2.29. The summed E-state index contributed by atoms with van der Waals surface area (Å²) in [6.07, 6.45) is 0.360. The van der Waals surface area contributed by atoms with Gasteiger partial charge in [-0.2, -0.15) is 0 Å². The Morgan fingerprint density at radius 3 is 2.21 bits per heavy atom. The van der Waals surface area contributed by atoms with Crippen molar-refractivity contribution in [2.75, 3.05) is 0 Å². The van der Waals surface area contributed by atoms with E-state index in [1.807, 2.05) is 49.4 Å². The van der Waals surface area contributed by atoms with E-state index in [4.69, 9.17) is 4.74 Å². The lowest BCUT2D eigenvalue weighted by Gasteiger charge is -2.23. The van der Waals surface area contributed by atoms with Gasteiger partial charge in [-0.25, -0.2) is 0 Å². The maximum absolute atomic E-state index is 12.5. The van der Waals surface area contributed by atoms with Crippen molar-refractivity contribution in [1.29, 1.82) is 0 Å². The van der Waals surface area contributed by atoms with Gasteiger partial charge in [0, 0.05) is 0 Å². The maximum Gasteiger partial charge on any atom is 0.261 e. The Morgan fingerprint density at radius 2 is 1.62 bits per heavy atom. The average molecular weight is 325 g/mol. The van der Waals surface area contributed by atoms with Gasteiger partial charge in [0.15, 0.2) is 6.10 Å². The first-order chi connectivity index (χ1) is 11.5. The molecule has 2 aromatic rings. The zero-order valence-corrected chi connectivity index (χ0v) is 15.0. The topological polar surface area (TPSA) is 38.3 Å². The second kappa shape index (κ2) is 8.53. The highest BCUT2D eigenvalue weighted by Crippen LogP contribution is 2.21. The highest BCUT2D eigenvalue weighted by molar-refractivity contribution is 5.81. The molecule has 1 amide bonds. The summed E-state index contributed by atoms with van der Waals surface area (Å²) >= 11 is 0. The van der Waals surface area contributed by atoms with E-state index >= 15 is 0 Å². The first-order valence-corrected chi connectivity index (χ1v) is 8.54. The molecule has 2 rings (SSSR count). The van der Waals surface area contributed by atoms with E-state index in [1.165, 1.54) is 5.56 Å². The van der Waals surface area contributed by atoms with Gasteiger partial charge in [0.2, 0.25) is 0 Å². The fourth-order valence-corrected chi connectivity index (χ4v) is 2.60. The fourth-order valence-electron chi connectivity index (χ4n) is 2.60. The van der Waals surface area contributed by atoms with Crippen LogP contribution in [0.1, 0.15) is 44.4 Å². The van der Waals surface area contributed by atoms with Gasteiger partial charge < -0.3 is 10.1 Å². The summed E-state index contributed by atoms with van der Waals surface area (Å²) < 4.78 is 5.76. The minimum atomic E-state index is -0.536. The van der Waals surface area contributed by atoms with Crippen molar-refractivity contribution < 1.29 is 9.53 Å². The summed E-state index contributed by atoms with van der Waals surface area (Å²) in [6.45, 7) is 8.13. The number of carbonyl (C=O) groups is 1. The molecule has 1 N–H and O–H groups in total. The van der Waals surface area contributed by atoms with Crippen LogP contribution in [0.15, 0.2) is 54.6 Å². The molecule has 128 valence electrons. The second-order valence-electron chi connectivity index (χ2n) is 6.67. The van der Waals surface area contributed by atoms with Gasteiger partial charge in [-0.05, 0) is 43.9 Å². The quantitative estimate of drug-likeness (QED) is 0.803. The average Bonchev–Trinajstić information content (AvgIpc) is 2.56. The summed E-state index contributed by atoms with van der Waals surface area (Å²) in [6, 6.07) is 17.8. The van der Waals surface area contributed by atoms with E-state index in [-0.39, 0.29) is 11.9 Å². The third-order valence-corrected chi connectivity index (χ3v) is 3.93. The van der Waals surface area contributed by atoms with Crippen LogP contribution in [-0.4, -0.2) is 12.0 Å². The van der Waals surface area contributed by atoms with Gasteiger partial charge in [-0.15, -0.1) is 0 Å². The largest absolute Gasteiger partial charge is 0.481 e. The molecule has 0 heterocycles.